The molecule has 8 atom stereocenters. The van der Waals surface area contributed by atoms with Gasteiger partial charge in [-0.25, -0.2) is 0 Å². The fourth-order valence-electron chi connectivity index (χ4n) is 10.1. The van der Waals surface area contributed by atoms with Crippen LogP contribution in [0, 0.1) is 45.3 Å². The third kappa shape index (κ3) is 3.73. The van der Waals surface area contributed by atoms with Gasteiger partial charge in [0.25, 0.3) is 0 Å². The van der Waals surface area contributed by atoms with Gasteiger partial charge in [-0.05, 0) is 113 Å². The third-order valence-corrected chi connectivity index (χ3v) is 12.2. The summed E-state index contributed by atoms with van der Waals surface area (Å²) < 4.78 is 0. The summed E-state index contributed by atoms with van der Waals surface area (Å²) in [6, 6.07) is 0. The molecule has 5 heteroatoms. The van der Waals surface area contributed by atoms with Crippen molar-refractivity contribution in [1.82, 2.24) is 0 Å². The van der Waals surface area contributed by atoms with Crippen molar-refractivity contribution >= 4 is 11.4 Å². The van der Waals surface area contributed by atoms with E-state index in [0.717, 1.165) is 69.2 Å². The highest BCUT2D eigenvalue weighted by atomic mass is 16.4. The van der Waals surface area contributed by atoms with Crippen LogP contribution in [-0.4, -0.2) is 32.5 Å². The van der Waals surface area contributed by atoms with Gasteiger partial charge in [0.05, 0.1) is 17.0 Å². The summed E-state index contributed by atoms with van der Waals surface area (Å²) in [5, 5.41) is 39.6. The van der Waals surface area contributed by atoms with Gasteiger partial charge in [0.1, 0.15) is 0 Å². The van der Waals surface area contributed by atoms with Crippen LogP contribution >= 0.6 is 0 Å². The monoisotopic (exact) mass is 486 g/mol. The lowest BCUT2D eigenvalue weighted by atomic mass is 9.35. The molecule has 0 amide bonds. The maximum absolute atomic E-state index is 11.7. The van der Waals surface area contributed by atoms with Crippen LogP contribution in [0.5, 0.6) is 0 Å². The molecule has 0 unspecified atom stereocenters. The van der Waals surface area contributed by atoms with Gasteiger partial charge in [-0.15, -0.1) is 0 Å². The molecule has 4 saturated carbocycles. The van der Waals surface area contributed by atoms with Gasteiger partial charge in [-0.2, -0.15) is 0 Å². The van der Waals surface area contributed by atoms with Crippen molar-refractivity contribution in [3.63, 3.8) is 0 Å². The summed E-state index contributed by atoms with van der Waals surface area (Å²) in [5.74, 6) is 1.08. The zero-order chi connectivity index (χ0) is 26.0. The van der Waals surface area contributed by atoms with E-state index < -0.39 is 5.60 Å². The fourth-order valence-corrected chi connectivity index (χ4v) is 10.1. The molecule has 3 N–H and O–H groups in total. The highest BCUT2D eigenvalue weighted by Crippen LogP contribution is 2.75. The first kappa shape index (κ1) is 26.7. The van der Waals surface area contributed by atoms with Crippen LogP contribution in [0.25, 0.3) is 0 Å². The quantitative estimate of drug-likeness (QED) is 0.219. The van der Waals surface area contributed by atoms with Gasteiger partial charge >= 0.3 is 0 Å². The van der Waals surface area contributed by atoms with Gasteiger partial charge in [0, 0.05) is 11.3 Å². The van der Waals surface area contributed by atoms with Crippen LogP contribution < -0.4 is 0 Å². The fraction of sp³-hybridized carbons (Fsp3) is 0.867. The number of fused-ring (bicyclic) bond motifs is 5. The van der Waals surface area contributed by atoms with Crippen LogP contribution in [0.15, 0.2) is 22.0 Å². The highest BCUT2D eigenvalue weighted by molar-refractivity contribution is 5.91. The van der Waals surface area contributed by atoms with Gasteiger partial charge in [0.2, 0.25) is 0 Å². The lowest BCUT2D eigenvalue weighted by Crippen LogP contribution is -2.65. The topological polar surface area (TPSA) is 85.4 Å². The summed E-state index contributed by atoms with van der Waals surface area (Å²) >= 11 is 0. The number of hydrogen-bond donors (Lipinski definition) is 3. The molecule has 198 valence electrons. The molecule has 0 aromatic carbocycles. The Bertz CT molecular complexity index is 930. The van der Waals surface area contributed by atoms with Crippen molar-refractivity contribution in [1.29, 1.82) is 0 Å². The molecule has 4 fully saturated rings. The molecule has 0 saturated heterocycles. The predicted octanol–water partition coefficient (Wildman–Crippen LogP) is 7.44. The molecular weight excluding hydrogens is 436 g/mol. The SMILES string of the molecule is CC(C)=CCC[C@@](C)(O)[C@H]1CC[C@]2(C)[C@@H]1/C(=N/O)C[C@@H]1[C@@]3(C)CC/C(=N\O)C(C)(C)[C@@H]3CC[C@]12C. The van der Waals surface area contributed by atoms with E-state index >= 15 is 0 Å². The number of rotatable bonds is 4. The van der Waals surface area contributed by atoms with Crippen LogP contribution in [0.2, 0.25) is 0 Å². The van der Waals surface area contributed by atoms with Crippen LogP contribution in [0.1, 0.15) is 113 Å². The van der Waals surface area contributed by atoms with E-state index in [0.29, 0.717) is 11.8 Å². The van der Waals surface area contributed by atoms with Gasteiger partial charge in [-0.1, -0.05) is 56.6 Å². The average molecular weight is 487 g/mol. The van der Waals surface area contributed by atoms with Crippen LogP contribution in [0.4, 0.5) is 0 Å². The van der Waals surface area contributed by atoms with Crippen molar-refractivity contribution in [2.24, 2.45) is 55.6 Å². The lowest BCUT2D eigenvalue weighted by molar-refractivity contribution is -0.168. The minimum absolute atomic E-state index is 0.00782. The first-order valence-electron chi connectivity index (χ1n) is 14.0. The molecule has 0 aromatic heterocycles. The zero-order valence-electron chi connectivity index (χ0n) is 23.5. The Balaban J connectivity index is 1.72. The Hall–Kier alpha value is -1.36. The number of hydrogen-bond acceptors (Lipinski definition) is 5. The smallest absolute Gasteiger partial charge is 0.0657 e. The van der Waals surface area contributed by atoms with E-state index in [1.54, 1.807) is 0 Å². The van der Waals surface area contributed by atoms with Crippen LogP contribution in [-0.2, 0) is 0 Å². The Morgan fingerprint density at radius 1 is 0.971 bits per heavy atom. The van der Waals surface area contributed by atoms with Gasteiger partial charge < -0.3 is 15.5 Å². The van der Waals surface area contributed by atoms with Gasteiger partial charge in [0.15, 0.2) is 0 Å². The molecule has 0 aliphatic heterocycles. The number of oxime groups is 2. The summed E-state index contributed by atoms with van der Waals surface area (Å²) in [6.45, 7) is 18.2. The summed E-state index contributed by atoms with van der Waals surface area (Å²) in [7, 11) is 0. The van der Waals surface area contributed by atoms with E-state index in [2.05, 4.69) is 64.9 Å². The van der Waals surface area contributed by atoms with Crippen molar-refractivity contribution in [2.75, 3.05) is 0 Å². The minimum Gasteiger partial charge on any atom is -0.411 e. The van der Waals surface area contributed by atoms with E-state index in [4.69, 9.17) is 0 Å². The molecule has 0 aromatic rings. The predicted molar refractivity (Wildman–Crippen MR) is 142 cm³/mol. The largest absolute Gasteiger partial charge is 0.411 e. The van der Waals surface area contributed by atoms with E-state index in [1.165, 1.54) is 5.57 Å². The van der Waals surface area contributed by atoms with Crippen molar-refractivity contribution in [3.05, 3.63) is 11.6 Å². The number of nitrogens with zero attached hydrogens (tertiary/aromatic N) is 2. The highest BCUT2D eigenvalue weighted by Gasteiger charge is 2.70. The Morgan fingerprint density at radius 2 is 1.63 bits per heavy atom. The maximum Gasteiger partial charge on any atom is 0.0657 e. The first-order valence-corrected chi connectivity index (χ1v) is 14.0. The summed E-state index contributed by atoms with van der Waals surface area (Å²) in [5.41, 5.74) is 2.43. The molecule has 4 rings (SSSR count). The average Bonchev–Trinajstić information content (AvgIpc) is 3.13. The van der Waals surface area contributed by atoms with Crippen molar-refractivity contribution < 1.29 is 15.5 Å². The van der Waals surface area contributed by atoms with E-state index in [1.807, 2.05) is 6.92 Å². The van der Waals surface area contributed by atoms with Crippen LogP contribution in [0.3, 0.4) is 0 Å². The minimum atomic E-state index is -0.784. The Kier molecular flexibility index (Phi) is 6.56. The molecule has 4 aliphatic carbocycles. The Morgan fingerprint density at radius 3 is 2.23 bits per heavy atom. The molecule has 0 bridgehead atoms. The normalized spacial score (nSPS) is 46.4. The number of allylic oxidation sites excluding steroid dienone is 2. The third-order valence-electron chi connectivity index (χ3n) is 12.2. The Labute approximate surface area is 213 Å². The van der Waals surface area contributed by atoms with E-state index in [-0.39, 0.29) is 33.5 Å². The molecule has 0 spiro atoms. The molecule has 35 heavy (non-hydrogen) atoms. The van der Waals surface area contributed by atoms with Crippen molar-refractivity contribution in [3.8, 4) is 0 Å². The first-order chi connectivity index (χ1) is 16.2. The molecular formula is C30H50N2O3. The summed E-state index contributed by atoms with van der Waals surface area (Å²) in [6.07, 6.45) is 10.8. The number of aliphatic hydroxyl groups is 1. The van der Waals surface area contributed by atoms with E-state index in [9.17, 15) is 15.5 Å². The zero-order valence-corrected chi connectivity index (χ0v) is 23.5. The molecule has 4 aliphatic rings. The second-order valence-electron chi connectivity index (χ2n) is 14.3. The second kappa shape index (κ2) is 8.60. The molecule has 5 nitrogen and oxygen atoms in total. The molecule has 0 heterocycles. The lowest BCUT2D eigenvalue weighted by Gasteiger charge is -2.69. The van der Waals surface area contributed by atoms with Crippen molar-refractivity contribution in [2.45, 2.75) is 119 Å². The molecule has 0 radical (unpaired) electrons. The standard InChI is InChI=1S/C30H50N2O3/c1-19(2)10-9-14-30(8,33)20-11-16-29(7)25(20)21(31-34)18-23-27(5)15-13-24(32-35)26(3,4)22(27)12-17-28(23,29)6/h10,20,22-23,25,33-35H,9,11-18H2,1-8H3/b31-21+,32-24+/t20-,22-,23+,25-,27-,28+,29+,30+/m0/s1. The second-order valence-corrected chi connectivity index (χ2v) is 14.3. The maximum atomic E-state index is 11.7. The van der Waals surface area contributed by atoms with Gasteiger partial charge in [-0.3, -0.25) is 0 Å². The summed E-state index contributed by atoms with van der Waals surface area (Å²) in [4.78, 5) is 0.